The van der Waals surface area contributed by atoms with Gasteiger partial charge in [-0.1, -0.05) is 53.6 Å². The Balaban J connectivity index is 1.54. The summed E-state index contributed by atoms with van der Waals surface area (Å²) in [4.78, 5) is 26.9. The molecule has 8 nitrogen and oxygen atoms in total. The highest BCUT2D eigenvalue weighted by Crippen LogP contribution is 2.39. The van der Waals surface area contributed by atoms with Crippen molar-refractivity contribution < 1.29 is 14.3 Å². The van der Waals surface area contributed by atoms with Crippen molar-refractivity contribution in [2.75, 3.05) is 23.1 Å². The minimum atomic E-state index is -0.638. The largest absolute Gasteiger partial charge is 0.495 e. The molecular weight excluding hydrogens is 502 g/mol. The third-order valence-electron chi connectivity index (χ3n) is 6.34. The minimum absolute atomic E-state index is 0.317. The first-order valence-corrected chi connectivity index (χ1v) is 12.4. The molecule has 1 atom stereocenters. The molecule has 0 bridgehead atoms. The zero-order valence-electron chi connectivity index (χ0n) is 21.1. The van der Waals surface area contributed by atoms with Gasteiger partial charge in [-0.3, -0.25) is 9.59 Å². The average molecular weight is 528 g/mol. The molecule has 0 radical (unpaired) electrons. The van der Waals surface area contributed by atoms with E-state index in [0.717, 1.165) is 11.1 Å². The highest BCUT2D eigenvalue weighted by Gasteiger charge is 2.35. The molecule has 0 fully saturated rings. The van der Waals surface area contributed by atoms with Crippen LogP contribution < -0.4 is 20.7 Å². The van der Waals surface area contributed by atoms with Crippen molar-refractivity contribution in [2.45, 2.75) is 19.9 Å². The number of aryl methyl sites for hydroxylation is 1. The summed E-state index contributed by atoms with van der Waals surface area (Å²) in [6, 6.07) is 21.3. The lowest BCUT2D eigenvalue weighted by Gasteiger charge is -2.30. The molecule has 1 aliphatic heterocycles. The molecular formula is C29H26ClN5O3. The average Bonchev–Trinajstić information content (AvgIpc) is 3.33. The van der Waals surface area contributed by atoms with Gasteiger partial charge in [-0.2, -0.15) is 5.10 Å². The minimum Gasteiger partial charge on any atom is -0.495 e. The van der Waals surface area contributed by atoms with Crippen LogP contribution in [-0.4, -0.2) is 28.7 Å². The second-order valence-electron chi connectivity index (χ2n) is 8.95. The smallest absolute Gasteiger partial charge is 0.261 e. The topological polar surface area (TPSA) is 97.3 Å². The number of aromatic nitrogens is 2. The van der Waals surface area contributed by atoms with Gasteiger partial charge < -0.3 is 20.7 Å². The third-order valence-corrected chi connectivity index (χ3v) is 6.58. The summed E-state index contributed by atoms with van der Waals surface area (Å²) in [5.41, 5.74) is 4.41. The Kier molecular flexibility index (Phi) is 6.89. The number of anilines is 3. The van der Waals surface area contributed by atoms with Crippen LogP contribution in [-0.2, 0) is 4.79 Å². The van der Waals surface area contributed by atoms with Gasteiger partial charge in [0, 0.05) is 16.4 Å². The molecule has 2 heterocycles. The summed E-state index contributed by atoms with van der Waals surface area (Å²) >= 11 is 6.34. The Morgan fingerprint density at radius 1 is 0.974 bits per heavy atom. The van der Waals surface area contributed by atoms with E-state index in [1.807, 2.05) is 55.5 Å². The lowest BCUT2D eigenvalue weighted by molar-refractivity contribution is -0.113. The van der Waals surface area contributed by atoms with Crippen LogP contribution in [0.1, 0.15) is 34.5 Å². The Labute approximate surface area is 225 Å². The zero-order valence-corrected chi connectivity index (χ0v) is 21.8. The number of hydrogen-bond acceptors (Lipinski definition) is 5. The number of halogens is 1. The second-order valence-corrected chi connectivity index (χ2v) is 9.38. The number of para-hydroxylation sites is 2. The quantitative estimate of drug-likeness (QED) is 0.284. The van der Waals surface area contributed by atoms with Crippen molar-refractivity contribution in [1.82, 2.24) is 9.78 Å². The van der Waals surface area contributed by atoms with Gasteiger partial charge >= 0.3 is 0 Å². The number of fused-ring (bicyclic) bond motifs is 1. The van der Waals surface area contributed by atoms with Gasteiger partial charge in [-0.15, -0.1) is 0 Å². The van der Waals surface area contributed by atoms with Crippen molar-refractivity contribution in [3.8, 4) is 5.75 Å². The number of allylic oxidation sites excluding steroid dienone is 1. The number of ether oxygens (including phenoxy) is 1. The molecule has 1 aliphatic rings. The first-order chi connectivity index (χ1) is 18.4. The summed E-state index contributed by atoms with van der Waals surface area (Å²) in [5.74, 6) is 0.362. The van der Waals surface area contributed by atoms with Crippen LogP contribution in [0, 0.1) is 6.92 Å². The maximum Gasteiger partial charge on any atom is 0.261 e. The van der Waals surface area contributed by atoms with E-state index in [-0.39, 0.29) is 11.8 Å². The number of methoxy groups -OCH3 is 1. The molecule has 3 N–H and O–H groups in total. The van der Waals surface area contributed by atoms with Crippen molar-refractivity contribution >= 4 is 40.6 Å². The van der Waals surface area contributed by atoms with Gasteiger partial charge in [-0.25, -0.2) is 4.68 Å². The van der Waals surface area contributed by atoms with E-state index in [2.05, 4.69) is 21.0 Å². The van der Waals surface area contributed by atoms with Crippen LogP contribution in [0.2, 0.25) is 5.02 Å². The van der Waals surface area contributed by atoms with Gasteiger partial charge in [0.1, 0.15) is 23.2 Å². The predicted molar refractivity (Wildman–Crippen MR) is 149 cm³/mol. The molecule has 4 aromatic rings. The fourth-order valence-corrected chi connectivity index (χ4v) is 4.67. The maximum atomic E-state index is 13.7. The van der Waals surface area contributed by atoms with Crippen molar-refractivity contribution in [3.05, 3.63) is 112 Å². The standard InChI is InChI=1S/C29H26ClN5O3/c1-17-11-13-21(14-12-17)33-28(36)22-16-31-35-26(19-7-6-8-20(30)15-19)25(18(2)32-27(22)35)29(37)34-23-9-4-5-10-24(23)38-3/h4-16,26,32H,1-3H3,(H,33,36)(H,34,37)/t26-/m1/s1. The Bertz CT molecular complexity index is 1560. The van der Waals surface area contributed by atoms with Crippen LogP contribution in [0.15, 0.2) is 90.3 Å². The van der Waals surface area contributed by atoms with Gasteiger partial charge in [0.25, 0.3) is 11.8 Å². The summed E-state index contributed by atoms with van der Waals surface area (Å²) in [7, 11) is 1.55. The van der Waals surface area contributed by atoms with Crippen LogP contribution in [0.4, 0.5) is 17.2 Å². The highest BCUT2D eigenvalue weighted by molar-refractivity contribution is 6.30. The highest BCUT2D eigenvalue weighted by atomic mass is 35.5. The van der Waals surface area contributed by atoms with Gasteiger partial charge in [0.15, 0.2) is 0 Å². The monoisotopic (exact) mass is 527 g/mol. The Hall–Kier alpha value is -4.56. The Morgan fingerprint density at radius 2 is 1.74 bits per heavy atom. The zero-order chi connectivity index (χ0) is 26.8. The summed E-state index contributed by atoms with van der Waals surface area (Å²) in [6.07, 6.45) is 1.50. The van der Waals surface area contributed by atoms with Crippen molar-refractivity contribution in [1.29, 1.82) is 0 Å². The number of hydrogen-bond donors (Lipinski definition) is 3. The lowest BCUT2D eigenvalue weighted by atomic mass is 9.94. The summed E-state index contributed by atoms with van der Waals surface area (Å²) in [6.45, 7) is 3.78. The summed E-state index contributed by atoms with van der Waals surface area (Å²) in [5, 5.41) is 14.2. The maximum absolute atomic E-state index is 13.7. The van der Waals surface area contributed by atoms with E-state index in [1.54, 1.807) is 43.0 Å². The van der Waals surface area contributed by atoms with E-state index in [4.69, 9.17) is 16.3 Å². The second kappa shape index (κ2) is 10.4. The normalized spacial score (nSPS) is 14.4. The van der Waals surface area contributed by atoms with E-state index < -0.39 is 6.04 Å². The van der Waals surface area contributed by atoms with Crippen LogP contribution >= 0.6 is 11.6 Å². The van der Waals surface area contributed by atoms with Gasteiger partial charge in [-0.05, 0) is 55.8 Å². The van der Waals surface area contributed by atoms with Crippen LogP contribution in [0.25, 0.3) is 0 Å². The molecule has 3 aromatic carbocycles. The molecule has 0 saturated carbocycles. The molecule has 38 heavy (non-hydrogen) atoms. The number of carbonyl (C=O) groups excluding carboxylic acids is 2. The molecule has 1 aromatic heterocycles. The number of carbonyl (C=O) groups is 2. The van der Waals surface area contributed by atoms with Crippen LogP contribution in [0.3, 0.4) is 0 Å². The Morgan fingerprint density at radius 3 is 2.47 bits per heavy atom. The molecule has 192 valence electrons. The predicted octanol–water partition coefficient (Wildman–Crippen LogP) is 6.03. The van der Waals surface area contributed by atoms with Crippen molar-refractivity contribution in [2.24, 2.45) is 0 Å². The van der Waals surface area contributed by atoms with Gasteiger partial charge in [0.2, 0.25) is 0 Å². The first-order valence-electron chi connectivity index (χ1n) is 12.0. The number of amides is 2. The van der Waals surface area contributed by atoms with E-state index in [9.17, 15) is 9.59 Å². The summed E-state index contributed by atoms with van der Waals surface area (Å²) < 4.78 is 7.04. The molecule has 2 amide bonds. The molecule has 5 rings (SSSR count). The van der Waals surface area contributed by atoms with Gasteiger partial charge in [0.05, 0.1) is 24.6 Å². The molecule has 0 saturated heterocycles. The fraction of sp³-hybridized carbons (Fsp3) is 0.138. The first kappa shape index (κ1) is 25.1. The molecule has 0 spiro atoms. The van der Waals surface area contributed by atoms with Crippen molar-refractivity contribution in [3.63, 3.8) is 0 Å². The fourth-order valence-electron chi connectivity index (χ4n) is 4.47. The molecule has 0 aliphatic carbocycles. The lowest BCUT2D eigenvalue weighted by Crippen LogP contribution is -2.32. The number of rotatable bonds is 6. The SMILES string of the molecule is COc1ccccc1NC(=O)C1=C(C)Nc2c(C(=O)Nc3ccc(C)cc3)cnn2[C@@H]1c1cccc(Cl)c1. The van der Waals surface area contributed by atoms with E-state index in [1.165, 1.54) is 6.20 Å². The van der Waals surface area contributed by atoms with E-state index >= 15 is 0 Å². The molecule has 9 heteroatoms. The third kappa shape index (κ3) is 4.86. The number of nitrogens with one attached hydrogen (secondary N) is 3. The number of benzene rings is 3. The number of nitrogens with zero attached hydrogens (tertiary/aromatic N) is 2. The molecule has 0 unspecified atom stereocenters. The van der Waals surface area contributed by atoms with Crippen LogP contribution in [0.5, 0.6) is 5.75 Å². The van der Waals surface area contributed by atoms with E-state index in [0.29, 0.717) is 44.8 Å².